The highest BCUT2D eigenvalue weighted by atomic mass is 19.1. The Labute approximate surface area is 96.9 Å². The van der Waals surface area contributed by atoms with Crippen molar-refractivity contribution in [1.82, 2.24) is 0 Å². The minimum Gasteiger partial charge on any atom is -0.396 e. The number of nitriles is 1. The van der Waals surface area contributed by atoms with Crippen molar-refractivity contribution < 1.29 is 8.78 Å². The van der Waals surface area contributed by atoms with E-state index < -0.39 is 11.6 Å². The lowest BCUT2D eigenvalue weighted by molar-refractivity contribution is 0.625. The van der Waals surface area contributed by atoms with Crippen LogP contribution in [0.1, 0.15) is 5.56 Å². The number of hydrogen-bond donors (Lipinski definition) is 1. The third kappa shape index (κ3) is 1.83. The predicted octanol–water partition coefficient (Wildman–Crippen LogP) is 3.09. The Morgan fingerprint density at radius 3 is 2.35 bits per heavy atom. The molecule has 2 aromatic carbocycles. The summed E-state index contributed by atoms with van der Waals surface area (Å²) in [5.41, 5.74) is 5.39. The first-order valence-corrected chi connectivity index (χ1v) is 4.88. The molecule has 0 atom stereocenters. The first-order valence-electron chi connectivity index (χ1n) is 4.88. The van der Waals surface area contributed by atoms with Crippen LogP contribution >= 0.6 is 0 Å². The van der Waals surface area contributed by atoms with E-state index in [1.54, 1.807) is 12.1 Å². The molecule has 0 heterocycles. The number of benzene rings is 2. The summed E-state index contributed by atoms with van der Waals surface area (Å²) in [6, 6.07) is 10.4. The van der Waals surface area contributed by atoms with Crippen LogP contribution in [0.2, 0.25) is 0 Å². The van der Waals surface area contributed by atoms with Gasteiger partial charge >= 0.3 is 0 Å². The first kappa shape index (κ1) is 11.1. The van der Waals surface area contributed by atoms with Crippen molar-refractivity contribution in [1.29, 1.82) is 5.26 Å². The summed E-state index contributed by atoms with van der Waals surface area (Å²) in [6.45, 7) is 0. The monoisotopic (exact) mass is 230 g/mol. The van der Waals surface area contributed by atoms with Gasteiger partial charge in [-0.25, -0.2) is 8.78 Å². The zero-order valence-electron chi connectivity index (χ0n) is 8.74. The Kier molecular flexibility index (Phi) is 2.75. The van der Waals surface area contributed by atoms with Gasteiger partial charge < -0.3 is 5.73 Å². The van der Waals surface area contributed by atoms with Gasteiger partial charge in [0.25, 0.3) is 0 Å². The summed E-state index contributed by atoms with van der Waals surface area (Å²) in [6.07, 6.45) is 0. The Bertz CT molecular complexity index is 615. The van der Waals surface area contributed by atoms with Crippen molar-refractivity contribution in [3.63, 3.8) is 0 Å². The zero-order chi connectivity index (χ0) is 12.4. The maximum Gasteiger partial charge on any atom is 0.164 e. The fraction of sp³-hybridized carbons (Fsp3) is 0. The largest absolute Gasteiger partial charge is 0.396 e. The van der Waals surface area contributed by atoms with Gasteiger partial charge in [0.2, 0.25) is 0 Å². The summed E-state index contributed by atoms with van der Waals surface area (Å²) in [5, 5.41) is 8.91. The van der Waals surface area contributed by atoms with Gasteiger partial charge in [0, 0.05) is 11.1 Å². The van der Waals surface area contributed by atoms with E-state index in [1.165, 1.54) is 30.3 Å². The number of rotatable bonds is 1. The number of halogens is 2. The molecule has 0 unspecified atom stereocenters. The van der Waals surface area contributed by atoms with Gasteiger partial charge in [0.1, 0.15) is 11.9 Å². The van der Waals surface area contributed by atoms with Crippen molar-refractivity contribution in [2.24, 2.45) is 0 Å². The van der Waals surface area contributed by atoms with E-state index >= 15 is 0 Å². The molecule has 2 nitrogen and oxygen atoms in total. The van der Waals surface area contributed by atoms with E-state index in [0.717, 1.165) is 0 Å². The smallest absolute Gasteiger partial charge is 0.164 e. The molecular weight excluding hydrogens is 222 g/mol. The Balaban J connectivity index is 2.74. The van der Waals surface area contributed by atoms with Crippen LogP contribution in [0.3, 0.4) is 0 Å². The van der Waals surface area contributed by atoms with Crippen LogP contribution in [0, 0.1) is 23.0 Å². The fourth-order valence-electron chi connectivity index (χ4n) is 1.61. The maximum atomic E-state index is 13.6. The number of nitrogens with two attached hydrogens (primary N) is 1. The van der Waals surface area contributed by atoms with Crippen molar-refractivity contribution in [3.8, 4) is 17.2 Å². The van der Waals surface area contributed by atoms with E-state index in [4.69, 9.17) is 11.0 Å². The highest BCUT2D eigenvalue weighted by Crippen LogP contribution is 2.29. The van der Waals surface area contributed by atoms with Crippen molar-refractivity contribution in [3.05, 3.63) is 53.6 Å². The molecule has 0 amide bonds. The molecule has 0 saturated heterocycles. The van der Waals surface area contributed by atoms with Crippen LogP contribution in [0.25, 0.3) is 11.1 Å². The molecule has 2 rings (SSSR count). The van der Waals surface area contributed by atoms with Gasteiger partial charge in [0.05, 0.1) is 11.3 Å². The number of hydrogen-bond acceptors (Lipinski definition) is 2. The zero-order valence-corrected chi connectivity index (χ0v) is 8.74. The Morgan fingerprint density at radius 2 is 1.71 bits per heavy atom. The van der Waals surface area contributed by atoms with Crippen LogP contribution < -0.4 is 5.73 Å². The van der Waals surface area contributed by atoms with Crippen LogP contribution in [0.5, 0.6) is 0 Å². The van der Waals surface area contributed by atoms with Crippen molar-refractivity contribution >= 4 is 5.69 Å². The third-order valence-electron chi connectivity index (χ3n) is 2.45. The van der Waals surface area contributed by atoms with E-state index in [0.29, 0.717) is 0 Å². The molecule has 0 saturated carbocycles. The van der Waals surface area contributed by atoms with Crippen LogP contribution in [-0.4, -0.2) is 0 Å². The van der Waals surface area contributed by atoms with Crippen LogP contribution in [-0.2, 0) is 0 Å². The fourth-order valence-corrected chi connectivity index (χ4v) is 1.61. The van der Waals surface area contributed by atoms with E-state index in [1.807, 2.05) is 0 Å². The molecule has 0 aliphatic rings. The van der Waals surface area contributed by atoms with Crippen LogP contribution in [0.4, 0.5) is 14.5 Å². The predicted molar refractivity (Wildman–Crippen MR) is 60.9 cm³/mol. The minimum absolute atomic E-state index is 0.123. The second kappa shape index (κ2) is 4.22. The van der Waals surface area contributed by atoms with Gasteiger partial charge in [-0.15, -0.1) is 0 Å². The van der Waals surface area contributed by atoms with E-state index in [-0.39, 0.29) is 22.4 Å². The normalized spacial score (nSPS) is 9.94. The summed E-state index contributed by atoms with van der Waals surface area (Å²) < 4.78 is 27.2. The highest BCUT2D eigenvalue weighted by molar-refractivity contribution is 5.73. The van der Waals surface area contributed by atoms with Gasteiger partial charge in [0.15, 0.2) is 5.82 Å². The highest BCUT2D eigenvalue weighted by Gasteiger charge is 2.15. The molecule has 2 N–H and O–H groups in total. The third-order valence-corrected chi connectivity index (χ3v) is 2.45. The number of anilines is 1. The van der Waals surface area contributed by atoms with E-state index in [2.05, 4.69) is 0 Å². The molecule has 0 aliphatic heterocycles. The average molecular weight is 230 g/mol. The molecule has 84 valence electrons. The maximum absolute atomic E-state index is 13.6. The second-order valence-electron chi connectivity index (χ2n) is 3.48. The van der Waals surface area contributed by atoms with E-state index in [9.17, 15) is 8.78 Å². The minimum atomic E-state index is -0.812. The molecule has 0 fully saturated rings. The molecule has 0 aliphatic carbocycles. The lowest BCUT2D eigenvalue weighted by Crippen LogP contribution is -1.97. The molecule has 17 heavy (non-hydrogen) atoms. The average Bonchev–Trinajstić information content (AvgIpc) is 2.33. The van der Waals surface area contributed by atoms with Crippen molar-refractivity contribution in [2.75, 3.05) is 5.73 Å². The number of nitrogens with zero attached hydrogens (tertiary/aromatic N) is 1. The lowest BCUT2D eigenvalue weighted by atomic mass is 9.99. The molecule has 0 radical (unpaired) electrons. The first-order chi connectivity index (χ1) is 8.15. The molecule has 0 aromatic heterocycles. The summed E-state index contributed by atoms with van der Waals surface area (Å²) in [7, 11) is 0. The molecular formula is C13H8F2N2. The summed E-state index contributed by atoms with van der Waals surface area (Å²) in [5.74, 6) is -1.32. The lowest BCUT2D eigenvalue weighted by Gasteiger charge is -2.07. The molecule has 2 aromatic rings. The Morgan fingerprint density at radius 1 is 1.00 bits per heavy atom. The number of nitrogen functional groups attached to an aromatic ring is 1. The van der Waals surface area contributed by atoms with Gasteiger partial charge in [-0.1, -0.05) is 24.3 Å². The SMILES string of the molecule is N#Cc1c(-c2ccccc2F)ccc(N)c1F. The topological polar surface area (TPSA) is 49.8 Å². The van der Waals surface area contributed by atoms with Crippen LogP contribution in [0.15, 0.2) is 36.4 Å². The summed E-state index contributed by atoms with van der Waals surface area (Å²) >= 11 is 0. The molecule has 4 heteroatoms. The van der Waals surface area contributed by atoms with Gasteiger partial charge in [-0.3, -0.25) is 0 Å². The van der Waals surface area contributed by atoms with Gasteiger partial charge in [-0.05, 0) is 12.1 Å². The quantitative estimate of drug-likeness (QED) is 0.765. The van der Waals surface area contributed by atoms with Gasteiger partial charge in [-0.2, -0.15) is 5.26 Å². The standard InChI is InChI=1S/C13H8F2N2/c14-11-4-2-1-3-9(11)8-5-6-12(17)13(15)10(8)7-16/h1-6H,17H2. The molecule has 0 bridgehead atoms. The van der Waals surface area contributed by atoms with Crippen molar-refractivity contribution in [2.45, 2.75) is 0 Å². The Hall–Kier alpha value is -2.41. The molecule has 0 spiro atoms. The summed E-state index contributed by atoms with van der Waals surface area (Å²) in [4.78, 5) is 0. The second-order valence-corrected chi connectivity index (χ2v) is 3.48.